The number of benzene rings is 2. The lowest BCUT2D eigenvalue weighted by atomic mass is 10.1. The van der Waals surface area contributed by atoms with Crippen molar-refractivity contribution in [2.45, 2.75) is 25.6 Å². The molecule has 3 heterocycles. The average Bonchev–Trinajstić information content (AvgIpc) is 3.41. The van der Waals surface area contributed by atoms with E-state index in [0.29, 0.717) is 32.6 Å². The molecule has 3 amide bonds. The molecule has 0 aromatic heterocycles. The molecule has 1 unspecified atom stereocenters. The average molecular weight is 437 g/mol. The van der Waals surface area contributed by atoms with E-state index in [2.05, 4.69) is 16.3 Å². The molecule has 32 heavy (non-hydrogen) atoms. The second kappa shape index (κ2) is 9.08. The number of piperazine rings is 1. The third kappa shape index (κ3) is 4.65. The molecular weight excluding hydrogens is 408 g/mol. The zero-order valence-corrected chi connectivity index (χ0v) is 18.0. The molecule has 2 saturated heterocycles. The molecule has 5 rings (SSSR count). The Morgan fingerprint density at radius 1 is 0.938 bits per heavy atom. The minimum atomic E-state index is -0.134. The standard InChI is InChI=1S/C24H28N4O4/c29-23-13-20(16-28(23)15-18-4-2-1-3-5-18)25-24(30)27-10-8-26(9-11-27)14-19-6-7-21-22(12-19)32-17-31-21/h1-7,12,20H,8-11,13-17H2,(H,25,30). The number of urea groups is 1. The molecule has 168 valence electrons. The Bertz CT molecular complexity index is 975. The molecule has 1 atom stereocenters. The molecule has 0 saturated carbocycles. The highest BCUT2D eigenvalue weighted by Crippen LogP contribution is 2.32. The number of amides is 3. The van der Waals surface area contributed by atoms with Crippen LogP contribution in [0.4, 0.5) is 4.79 Å². The van der Waals surface area contributed by atoms with Crippen molar-refractivity contribution in [3.05, 3.63) is 59.7 Å². The third-order valence-corrected chi connectivity index (χ3v) is 6.26. The Balaban J connectivity index is 1.08. The fraction of sp³-hybridized carbons (Fsp3) is 0.417. The van der Waals surface area contributed by atoms with Crippen LogP contribution in [0.15, 0.2) is 48.5 Å². The van der Waals surface area contributed by atoms with E-state index in [-0.39, 0.29) is 24.8 Å². The number of hydrogen-bond acceptors (Lipinski definition) is 5. The first-order valence-corrected chi connectivity index (χ1v) is 11.1. The van der Waals surface area contributed by atoms with Gasteiger partial charge in [0.25, 0.3) is 0 Å². The highest BCUT2D eigenvalue weighted by Gasteiger charge is 2.32. The van der Waals surface area contributed by atoms with Crippen molar-refractivity contribution in [1.82, 2.24) is 20.0 Å². The van der Waals surface area contributed by atoms with Crippen LogP contribution in [0.25, 0.3) is 0 Å². The predicted octanol–water partition coefficient (Wildman–Crippen LogP) is 2.04. The van der Waals surface area contributed by atoms with E-state index in [1.165, 1.54) is 5.56 Å². The number of nitrogens with zero attached hydrogens (tertiary/aromatic N) is 3. The minimum Gasteiger partial charge on any atom is -0.454 e. The Morgan fingerprint density at radius 2 is 1.72 bits per heavy atom. The van der Waals surface area contributed by atoms with Crippen molar-refractivity contribution < 1.29 is 19.1 Å². The number of ether oxygens (including phenoxy) is 2. The van der Waals surface area contributed by atoms with Crippen LogP contribution < -0.4 is 14.8 Å². The van der Waals surface area contributed by atoms with Crippen molar-refractivity contribution in [1.29, 1.82) is 0 Å². The zero-order chi connectivity index (χ0) is 21.9. The molecule has 3 aliphatic rings. The normalized spacial score (nSPS) is 20.6. The van der Waals surface area contributed by atoms with Crippen molar-refractivity contribution in [3.8, 4) is 11.5 Å². The smallest absolute Gasteiger partial charge is 0.317 e. The van der Waals surface area contributed by atoms with Crippen LogP contribution in [0.5, 0.6) is 11.5 Å². The van der Waals surface area contributed by atoms with E-state index in [0.717, 1.165) is 36.7 Å². The number of likely N-dealkylation sites (tertiary alicyclic amines) is 1. The van der Waals surface area contributed by atoms with Gasteiger partial charge in [0.1, 0.15) is 0 Å². The van der Waals surface area contributed by atoms with Crippen LogP contribution in [0.1, 0.15) is 17.5 Å². The number of fused-ring (bicyclic) bond motifs is 1. The lowest BCUT2D eigenvalue weighted by Crippen LogP contribution is -2.53. The Morgan fingerprint density at radius 3 is 2.53 bits per heavy atom. The van der Waals surface area contributed by atoms with E-state index >= 15 is 0 Å². The first kappa shape index (κ1) is 20.6. The van der Waals surface area contributed by atoms with Gasteiger partial charge in [-0.25, -0.2) is 4.79 Å². The van der Waals surface area contributed by atoms with Crippen molar-refractivity contribution >= 4 is 11.9 Å². The molecule has 2 aromatic carbocycles. The summed E-state index contributed by atoms with van der Waals surface area (Å²) in [6.07, 6.45) is 0.364. The van der Waals surface area contributed by atoms with Gasteiger partial charge in [0, 0.05) is 52.2 Å². The lowest BCUT2D eigenvalue weighted by Gasteiger charge is -2.35. The molecule has 8 heteroatoms. The number of hydrogen-bond donors (Lipinski definition) is 1. The Labute approximate surface area is 187 Å². The summed E-state index contributed by atoms with van der Waals surface area (Å²) in [6, 6.07) is 15.8. The fourth-order valence-electron chi connectivity index (χ4n) is 4.50. The molecule has 8 nitrogen and oxygen atoms in total. The predicted molar refractivity (Wildman–Crippen MR) is 118 cm³/mol. The van der Waals surface area contributed by atoms with Gasteiger partial charge in [-0.2, -0.15) is 0 Å². The zero-order valence-electron chi connectivity index (χ0n) is 18.0. The molecule has 1 N–H and O–H groups in total. The van der Waals surface area contributed by atoms with Gasteiger partial charge in [-0.1, -0.05) is 36.4 Å². The van der Waals surface area contributed by atoms with Crippen molar-refractivity contribution in [3.63, 3.8) is 0 Å². The lowest BCUT2D eigenvalue weighted by molar-refractivity contribution is -0.128. The summed E-state index contributed by atoms with van der Waals surface area (Å²) in [5, 5.41) is 3.06. The summed E-state index contributed by atoms with van der Waals surface area (Å²) >= 11 is 0. The Kier molecular flexibility index (Phi) is 5.85. The first-order valence-electron chi connectivity index (χ1n) is 11.1. The van der Waals surface area contributed by atoms with Gasteiger partial charge >= 0.3 is 6.03 Å². The van der Waals surface area contributed by atoms with Gasteiger partial charge in [-0.15, -0.1) is 0 Å². The summed E-state index contributed by atoms with van der Waals surface area (Å²) in [5.41, 5.74) is 2.28. The highest BCUT2D eigenvalue weighted by molar-refractivity contribution is 5.81. The maximum absolute atomic E-state index is 12.8. The topological polar surface area (TPSA) is 74.4 Å². The summed E-state index contributed by atoms with van der Waals surface area (Å²) in [4.78, 5) is 31.1. The SMILES string of the molecule is O=C1CC(NC(=O)N2CCN(Cc3ccc4c(c3)OCO4)CC2)CN1Cc1ccccc1. The quantitative estimate of drug-likeness (QED) is 0.777. The van der Waals surface area contributed by atoms with Crippen LogP contribution in [-0.4, -0.2) is 72.2 Å². The molecular formula is C24H28N4O4. The van der Waals surface area contributed by atoms with Crippen molar-refractivity contribution in [2.75, 3.05) is 39.5 Å². The second-order valence-electron chi connectivity index (χ2n) is 8.56. The van der Waals surface area contributed by atoms with Crippen LogP contribution in [0.2, 0.25) is 0 Å². The second-order valence-corrected chi connectivity index (χ2v) is 8.56. The molecule has 0 radical (unpaired) electrons. The maximum atomic E-state index is 12.8. The van der Waals surface area contributed by atoms with Crippen LogP contribution >= 0.6 is 0 Å². The van der Waals surface area contributed by atoms with E-state index < -0.39 is 0 Å². The molecule has 2 aromatic rings. The van der Waals surface area contributed by atoms with E-state index in [1.807, 2.05) is 52.3 Å². The summed E-state index contributed by atoms with van der Waals surface area (Å²) in [7, 11) is 0. The largest absolute Gasteiger partial charge is 0.454 e. The number of carbonyl (C=O) groups is 2. The highest BCUT2D eigenvalue weighted by atomic mass is 16.7. The fourth-order valence-corrected chi connectivity index (χ4v) is 4.50. The summed E-state index contributed by atoms with van der Waals surface area (Å²) in [5.74, 6) is 1.68. The number of nitrogens with one attached hydrogen (secondary N) is 1. The van der Waals surface area contributed by atoms with Crippen LogP contribution in [-0.2, 0) is 17.9 Å². The van der Waals surface area contributed by atoms with E-state index in [4.69, 9.17) is 9.47 Å². The van der Waals surface area contributed by atoms with Crippen molar-refractivity contribution in [2.24, 2.45) is 0 Å². The molecule has 0 aliphatic carbocycles. The summed E-state index contributed by atoms with van der Waals surface area (Å²) < 4.78 is 10.8. The monoisotopic (exact) mass is 436 g/mol. The Hall–Kier alpha value is -3.26. The van der Waals surface area contributed by atoms with Gasteiger partial charge in [0.2, 0.25) is 12.7 Å². The van der Waals surface area contributed by atoms with Gasteiger partial charge in [0.15, 0.2) is 11.5 Å². The molecule has 2 fully saturated rings. The van der Waals surface area contributed by atoms with E-state index in [1.54, 1.807) is 0 Å². The molecule has 0 bridgehead atoms. The molecule has 3 aliphatic heterocycles. The van der Waals surface area contributed by atoms with Gasteiger partial charge in [-0.3, -0.25) is 9.69 Å². The maximum Gasteiger partial charge on any atom is 0.317 e. The molecule has 0 spiro atoms. The van der Waals surface area contributed by atoms with Crippen LogP contribution in [0, 0.1) is 0 Å². The van der Waals surface area contributed by atoms with Gasteiger partial charge < -0.3 is 24.6 Å². The first-order chi connectivity index (χ1) is 15.6. The van der Waals surface area contributed by atoms with Crippen LogP contribution in [0.3, 0.4) is 0 Å². The number of carbonyl (C=O) groups excluding carboxylic acids is 2. The number of rotatable bonds is 5. The van der Waals surface area contributed by atoms with Gasteiger partial charge in [0.05, 0.1) is 6.04 Å². The third-order valence-electron chi connectivity index (χ3n) is 6.26. The minimum absolute atomic E-state index is 0.0768. The van der Waals surface area contributed by atoms with E-state index in [9.17, 15) is 9.59 Å². The summed E-state index contributed by atoms with van der Waals surface area (Å²) in [6.45, 7) is 5.21. The van der Waals surface area contributed by atoms with Gasteiger partial charge in [-0.05, 0) is 23.3 Å².